The third-order valence-electron chi connectivity index (χ3n) is 9.21. The Hall–Kier alpha value is -4.28. The molecule has 6 aromatic rings. The van der Waals surface area contributed by atoms with E-state index in [1.54, 1.807) is 0 Å². The molecule has 0 aliphatic carbocycles. The number of para-hydroxylation sites is 1. The number of anilines is 6. The minimum Gasteiger partial charge on any atom is -0.311 e. The van der Waals surface area contributed by atoms with Crippen LogP contribution in [-0.2, 0) is 5.41 Å². The number of rotatable bonds is 3. The van der Waals surface area contributed by atoms with Crippen molar-refractivity contribution in [2.45, 2.75) is 46.0 Å². The van der Waals surface area contributed by atoms with Crippen molar-refractivity contribution >= 4 is 78.0 Å². The number of fused-ring (bicyclic) bond motifs is 6. The molecule has 0 bridgehead atoms. The molecule has 2 aliphatic heterocycles. The molecule has 210 valence electrons. The summed E-state index contributed by atoms with van der Waals surface area (Å²) in [5.41, 5.74) is 13.1. The van der Waals surface area contributed by atoms with Crippen molar-refractivity contribution in [1.29, 1.82) is 0 Å². The Labute approximate surface area is 259 Å². The van der Waals surface area contributed by atoms with Gasteiger partial charge in [0.05, 0.1) is 5.69 Å². The number of benzene rings is 5. The largest absolute Gasteiger partial charge is 0.311 e. The maximum Gasteiger partial charge on any atom is 0.264 e. The summed E-state index contributed by atoms with van der Waals surface area (Å²) in [5, 5.41) is 1.32. The molecule has 0 N–H and O–H groups in total. The van der Waals surface area contributed by atoms with Gasteiger partial charge in [-0.15, -0.1) is 11.3 Å². The average Bonchev–Trinajstić information content (AvgIpc) is 3.40. The Bertz CT molecular complexity index is 2000. The highest BCUT2D eigenvalue weighted by Crippen LogP contribution is 2.47. The van der Waals surface area contributed by atoms with Crippen LogP contribution in [0.15, 0.2) is 115 Å². The van der Waals surface area contributed by atoms with Gasteiger partial charge in [-0.2, -0.15) is 0 Å². The molecular formula is C39H35BN2S. The molecule has 2 aliphatic rings. The highest BCUT2D eigenvalue weighted by atomic mass is 32.1. The zero-order valence-electron chi connectivity index (χ0n) is 25.4. The maximum absolute atomic E-state index is 2.53. The van der Waals surface area contributed by atoms with Gasteiger partial charge >= 0.3 is 0 Å². The summed E-state index contributed by atoms with van der Waals surface area (Å²) in [6.45, 7) is 11.5. The zero-order chi connectivity index (χ0) is 29.5. The summed E-state index contributed by atoms with van der Waals surface area (Å²) >= 11 is 1.95. The molecule has 3 heterocycles. The lowest BCUT2D eigenvalue weighted by atomic mass is 9.36. The summed E-state index contributed by atoms with van der Waals surface area (Å²) < 4.78 is 2.76. The van der Waals surface area contributed by atoms with Crippen LogP contribution in [0.2, 0.25) is 0 Å². The average molecular weight is 575 g/mol. The molecule has 8 rings (SSSR count). The molecule has 0 atom stereocenters. The molecule has 0 spiro atoms. The van der Waals surface area contributed by atoms with Gasteiger partial charge in [0.15, 0.2) is 0 Å². The molecule has 1 aromatic heterocycles. The van der Waals surface area contributed by atoms with E-state index < -0.39 is 0 Å². The molecule has 2 nitrogen and oxygen atoms in total. The van der Waals surface area contributed by atoms with Gasteiger partial charge in [-0.1, -0.05) is 101 Å². The third-order valence-corrected chi connectivity index (χ3v) is 10.4. The van der Waals surface area contributed by atoms with Crippen LogP contribution >= 0.6 is 11.3 Å². The minimum absolute atomic E-state index is 0.104. The summed E-state index contributed by atoms with van der Waals surface area (Å²) in [4.78, 5) is 5.01. The zero-order valence-corrected chi connectivity index (χ0v) is 26.2. The molecule has 0 saturated heterocycles. The van der Waals surface area contributed by atoms with Crippen molar-refractivity contribution in [2.24, 2.45) is 0 Å². The molecule has 0 saturated carbocycles. The van der Waals surface area contributed by atoms with Crippen molar-refractivity contribution in [3.05, 3.63) is 126 Å². The SMILES string of the molecule is CC(C)c1ccc(N2c3ccccc3B3c4sc5ccccc5c4N(c4ccc(C(C)(C)C)cc4)c4cccc2c43)cc1. The lowest BCUT2D eigenvalue weighted by Gasteiger charge is -2.43. The first-order chi connectivity index (χ1) is 20.8. The van der Waals surface area contributed by atoms with Crippen LogP contribution in [0, 0.1) is 0 Å². The van der Waals surface area contributed by atoms with Crippen molar-refractivity contribution in [3.8, 4) is 0 Å². The van der Waals surface area contributed by atoms with E-state index in [2.05, 4.69) is 160 Å². The molecule has 5 aromatic carbocycles. The van der Waals surface area contributed by atoms with Crippen molar-refractivity contribution in [2.75, 3.05) is 9.80 Å². The minimum atomic E-state index is 0.104. The Morgan fingerprint density at radius 2 is 1.23 bits per heavy atom. The first-order valence-corrected chi connectivity index (χ1v) is 16.2. The van der Waals surface area contributed by atoms with Gasteiger partial charge in [0.25, 0.3) is 6.71 Å². The van der Waals surface area contributed by atoms with E-state index in [0.29, 0.717) is 5.92 Å². The summed E-state index contributed by atoms with van der Waals surface area (Å²) in [5.74, 6) is 0.501. The van der Waals surface area contributed by atoms with E-state index in [1.165, 1.54) is 71.0 Å². The normalized spacial score (nSPS) is 13.8. The van der Waals surface area contributed by atoms with E-state index in [0.717, 1.165) is 0 Å². The third kappa shape index (κ3) is 4.00. The van der Waals surface area contributed by atoms with E-state index >= 15 is 0 Å². The molecule has 4 heteroatoms. The van der Waals surface area contributed by atoms with E-state index in [9.17, 15) is 0 Å². The Morgan fingerprint density at radius 3 is 1.95 bits per heavy atom. The highest BCUT2D eigenvalue weighted by Gasteiger charge is 2.44. The fourth-order valence-electron chi connectivity index (χ4n) is 6.98. The van der Waals surface area contributed by atoms with Gasteiger partial charge in [0.1, 0.15) is 0 Å². The smallest absolute Gasteiger partial charge is 0.264 e. The van der Waals surface area contributed by atoms with E-state index in [1.807, 2.05) is 11.3 Å². The first-order valence-electron chi connectivity index (χ1n) is 15.4. The Kier molecular flexibility index (Phi) is 5.90. The van der Waals surface area contributed by atoms with Gasteiger partial charge in [-0.05, 0) is 81.9 Å². The standard InChI is InChI=1S/C39H35BN2S/c1-25(2)26-17-21-28(22-18-26)41-32-13-8-7-12-31(32)40-36-33(41)14-10-15-34(36)42(29-23-19-27(20-24-29)39(3,4)5)37-30-11-6-9-16-35(30)43-38(37)40/h6-25H,1-5H3. The van der Waals surface area contributed by atoms with Crippen LogP contribution in [0.3, 0.4) is 0 Å². The number of nitrogens with zero attached hydrogens (tertiary/aromatic N) is 2. The van der Waals surface area contributed by atoms with Crippen molar-refractivity contribution < 1.29 is 0 Å². The second-order valence-electron chi connectivity index (χ2n) is 13.2. The summed E-state index contributed by atoms with van der Waals surface area (Å²) in [7, 11) is 0. The monoisotopic (exact) mass is 574 g/mol. The lowest BCUT2D eigenvalue weighted by molar-refractivity contribution is 0.590. The van der Waals surface area contributed by atoms with Gasteiger partial charge in [0.2, 0.25) is 0 Å². The number of hydrogen-bond donors (Lipinski definition) is 0. The first kappa shape index (κ1) is 26.4. The predicted molar refractivity (Wildman–Crippen MR) is 189 cm³/mol. The molecule has 43 heavy (non-hydrogen) atoms. The topological polar surface area (TPSA) is 6.48 Å². The van der Waals surface area contributed by atoms with Crippen LogP contribution in [0.4, 0.5) is 34.1 Å². The molecular weight excluding hydrogens is 539 g/mol. The second kappa shape index (κ2) is 9.62. The van der Waals surface area contributed by atoms with Crippen molar-refractivity contribution in [3.63, 3.8) is 0 Å². The quantitative estimate of drug-likeness (QED) is 0.194. The predicted octanol–water partition coefficient (Wildman–Crippen LogP) is 9.40. The number of thiophene rings is 1. The van der Waals surface area contributed by atoms with E-state index in [-0.39, 0.29) is 12.1 Å². The van der Waals surface area contributed by atoms with Crippen LogP contribution in [0.5, 0.6) is 0 Å². The van der Waals surface area contributed by atoms with Gasteiger partial charge in [-0.3, -0.25) is 0 Å². The second-order valence-corrected chi connectivity index (χ2v) is 14.3. The van der Waals surface area contributed by atoms with Crippen LogP contribution in [0.1, 0.15) is 51.7 Å². The molecule has 0 unspecified atom stereocenters. The van der Waals surface area contributed by atoms with Crippen LogP contribution < -0.4 is 25.5 Å². The maximum atomic E-state index is 2.53. The van der Waals surface area contributed by atoms with Crippen LogP contribution in [0.25, 0.3) is 10.1 Å². The fourth-order valence-corrected chi connectivity index (χ4v) is 8.30. The van der Waals surface area contributed by atoms with Gasteiger partial charge < -0.3 is 9.80 Å². The number of hydrogen-bond acceptors (Lipinski definition) is 3. The lowest BCUT2D eigenvalue weighted by Crippen LogP contribution is -2.60. The molecule has 0 amide bonds. The van der Waals surface area contributed by atoms with Crippen molar-refractivity contribution in [1.82, 2.24) is 0 Å². The molecule has 0 fully saturated rings. The van der Waals surface area contributed by atoms with Crippen LogP contribution in [-0.4, -0.2) is 6.71 Å². The van der Waals surface area contributed by atoms with E-state index in [4.69, 9.17) is 0 Å². The Balaban J connectivity index is 1.41. The highest BCUT2D eigenvalue weighted by molar-refractivity contribution is 7.33. The van der Waals surface area contributed by atoms with Gasteiger partial charge in [-0.25, -0.2) is 0 Å². The molecule has 0 radical (unpaired) electrons. The Morgan fingerprint density at radius 1 is 0.628 bits per heavy atom. The summed E-state index contributed by atoms with van der Waals surface area (Å²) in [6, 6.07) is 43.3. The fraction of sp³-hybridized carbons (Fsp3) is 0.179. The van der Waals surface area contributed by atoms with Gasteiger partial charge in [0, 0.05) is 43.3 Å². The summed E-state index contributed by atoms with van der Waals surface area (Å²) in [6.07, 6.45) is 0.